The lowest BCUT2D eigenvalue weighted by molar-refractivity contribution is 0.197. The van der Waals surface area contributed by atoms with Gasteiger partial charge in [0.05, 0.1) is 5.69 Å². The third kappa shape index (κ3) is 6.58. The van der Waals surface area contributed by atoms with Crippen molar-refractivity contribution in [3.8, 4) is 11.5 Å². The maximum atomic E-state index is 5.59. The molecule has 2 aromatic rings. The second-order valence-electron chi connectivity index (χ2n) is 5.79. The fourth-order valence-electron chi connectivity index (χ4n) is 2.30. The van der Waals surface area contributed by atoms with Crippen molar-refractivity contribution in [3.05, 3.63) is 41.8 Å². The molecule has 2 N–H and O–H groups in total. The lowest BCUT2D eigenvalue weighted by Gasteiger charge is -2.10. The fourth-order valence-corrected chi connectivity index (χ4v) is 2.30. The maximum Gasteiger partial charge on any atom is 0.226 e. The molecule has 0 fully saturated rings. The van der Waals surface area contributed by atoms with Crippen molar-refractivity contribution in [1.29, 1.82) is 0 Å². The second-order valence-corrected chi connectivity index (χ2v) is 5.79. The van der Waals surface area contributed by atoms with Crippen molar-refractivity contribution < 1.29 is 9.15 Å². The summed E-state index contributed by atoms with van der Waals surface area (Å²) in [6, 6.07) is 8.17. The number of oxazole rings is 1. The van der Waals surface area contributed by atoms with E-state index < -0.39 is 0 Å². The minimum Gasteiger partial charge on any atom is -0.444 e. The molecule has 0 aliphatic heterocycles. The normalized spacial score (nSPS) is 11.6. The van der Waals surface area contributed by atoms with Crippen LogP contribution in [0.3, 0.4) is 0 Å². The van der Waals surface area contributed by atoms with Crippen LogP contribution < -0.4 is 10.6 Å². The largest absolute Gasteiger partial charge is 0.444 e. The van der Waals surface area contributed by atoms with Crippen LogP contribution in [-0.4, -0.2) is 44.3 Å². The van der Waals surface area contributed by atoms with Crippen LogP contribution in [0.25, 0.3) is 11.5 Å². The Hall–Kier alpha value is -2.34. The first-order chi connectivity index (χ1) is 12.2. The number of nitrogens with zero attached hydrogens (tertiary/aromatic N) is 2. The monoisotopic (exact) mass is 344 g/mol. The quantitative estimate of drug-likeness (QED) is 0.416. The summed E-state index contributed by atoms with van der Waals surface area (Å²) in [4.78, 5) is 9.07. The number of methoxy groups -OCH3 is 1. The number of guanidine groups is 1. The number of hydrogen-bond donors (Lipinski definition) is 2. The number of aliphatic imine (C=N–C) groups is 1. The van der Waals surface area contributed by atoms with Crippen molar-refractivity contribution in [3.63, 3.8) is 0 Å². The van der Waals surface area contributed by atoms with E-state index in [0.29, 0.717) is 5.89 Å². The Balaban J connectivity index is 1.82. The molecule has 136 valence electrons. The van der Waals surface area contributed by atoms with E-state index in [-0.39, 0.29) is 0 Å². The number of rotatable bonds is 9. The highest BCUT2D eigenvalue weighted by atomic mass is 16.5. The number of aromatic nitrogens is 1. The number of benzene rings is 1. The molecule has 6 nitrogen and oxygen atoms in total. The smallest absolute Gasteiger partial charge is 0.226 e. The van der Waals surface area contributed by atoms with Crippen molar-refractivity contribution >= 4 is 5.96 Å². The Kier molecular flexibility index (Phi) is 7.98. The van der Waals surface area contributed by atoms with Gasteiger partial charge in [0.2, 0.25) is 5.89 Å². The highest BCUT2D eigenvalue weighted by Crippen LogP contribution is 2.19. The van der Waals surface area contributed by atoms with Gasteiger partial charge in [0, 0.05) is 45.3 Å². The predicted octanol–water partition coefficient (Wildman–Crippen LogP) is 2.78. The van der Waals surface area contributed by atoms with Crippen LogP contribution in [0.1, 0.15) is 24.6 Å². The van der Waals surface area contributed by atoms with Gasteiger partial charge in [-0.2, -0.15) is 0 Å². The van der Waals surface area contributed by atoms with E-state index in [1.807, 2.05) is 12.1 Å². The summed E-state index contributed by atoms with van der Waals surface area (Å²) in [5.74, 6) is 1.48. The molecule has 0 radical (unpaired) electrons. The van der Waals surface area contributed by atoms with Gasteiger partial charge in [-0.1, -0.05) is 17.7 Å². The molecule has 0 atom stereocenters. The lowest BCUT2D eigenvalue weighted by Crippen LogP contribution is -2.38. The van der Waals surface area contributed by atoms with E-state index >= 15 is 0 Å². The van der Waals surface area contributed by atoms with Gasteiger partial charge in [-0.15, -0.1) is 0 Å². The first-order valence-electron chi connectivity index (χ1n) is 8.75. The van der Waals surface area contributed by atoms with Gasteiger partial charge in [-0.25, -0.2) is 4.98 Å². The molecular formula is C19H28N4O2. The maximum absolute atomic E-state index is 5.59. The van der Waals surface area contributed by atoms with Crippen molar-refractivity contribution in [1.82, 2.24) is 15.6 Å². The zero-order chi connectivity index (χ0) is 17.9. The van der Waals surface area contributed by atoms with E-state index in [9.17, 15) is 0 Å². The predicted molar refractivity (Wildman–Crippen MR) is 101 cm³/mol. The van der Waals surface area contributed by atoms with Gasteiger partial charge < -0.3 is 19.8 Å². The molecule has 0 saturated carbocycles. The van der Waals surface area contributed by atoms with Crippen LogP contribution in [-0.2, 0) is 11.2 Å². The Morgan fingerprint density at radius 3 is 2.76 bits per heavy atom. The molecule has 2 rings (SSSR count). The topological polar surface area (TPSA) is 71.7 Å². The minimum atomic E-state index is 0.662. The summed E-state index contributed by atoms with van der Waals surface area (Å²) in [6.45, 7) is 7.16. The van der Waals surface area contributed by atoms with Crippen molar-refractivity contribution in [2.75, 3.05) is 33.4 Å². The van der Waals surface area contributed by atoms with Crippen molar-refractivity contribution in [2.24, 2.45) is 4.99 Å². The molecule has 1 aromatic heterocycles. The molecule has 1 heterocycles. The van der Waals surface area contributed by atoms with Crippen LogP contribution in [0.15, 0.2) is 39.9 Å². The molecule has 0 unspecified atom stereocenters. The van der Waals surface area contributed by atoms with Gasteiger partial charge in [0.1, 0.15) is 6.26 Å². The summed E-state index contributed by atoms with van der Waals surface area (Å²) >= 11 is 0. The Morgan fingerprint density at radius 2 is 2.04 bits per heavy atom. The fraction of sp³-hybridized carbons (Fsp3) is 0.474. The highest BCUT2D eigenvalue weighted by Gasteiger charge is 2.06. The Labute approximate surface area is 149 Å². The second kappa shape index (κ2) is 10.5. The summed E-state index contributed by atoms with van der Waals surface area (Å²) in [6.07, 6.45) is 3.41. The van der Waals surface area contributed by atoms with Crippen LogP contribution in [0.2, 0.25) is 0 Å². The molecule has 0 amide bonds. The molecule has 0 aliphatic carbocycles. The first-order valence-corrected chi connectivity index (χ1v) is 8.75. The molecule has 0 saturated heterocycles. The molecule has 1 aromatic carbocycles. The molecule has 0 aliphatic rings. The van der Waals surface area contributed by atoms with Gasteiger partial charge >= 0.3 is 0 Å². The lowest BCUT2D eigenvalue weighted by atomic mass is 10.1. The average molecular weight is 344 g/mol. The minimum absolute atomic E-state index is 0.662. The van der Waals surface area contributed by atoms with Gasteiger partial charge in [0.25, 0.3) is 0 Å². The molecular weight excluding hydrogens is 316 g/mol. The number of ether oxygens (including phenoxy) is 1. The molecule has 25 heavy (non-hydrogen) atoms. The van der Waals surface area contributed by atoms with E-state index in [1.54, 1.807) is 13.4 Å². The zero-order valence-corrected chi connectivity index (χ0v) is 15.3. The van der Waals surface area contributed by atoms with Gasteiger partial charge in [0.15, 0.2) is 5.96 Å². The van der Waals surface area contributed by atoms with Crippen LogP contribution in [0, 0.1) is 6.92 Å². The first kappa shape index (κ1) is 19.0. The van der Waals surface area contributed by atoms with E-state index in [0.717, 1.165) is 56.3 Å². The number of hydrogen-bond acceptors (Lipinski definition) is 4. The highest BCUT2D eigenvalue weighted by molar-refractivity contribution is 5.79. The van der Waals surface area contributed by atoms with Gasteiger partial charge in [-0.05, 0) is 32.4 Å². The SMILES string of the molecule is CCNC(=NCCCOC)NCCc1coc(-c2ccc(C)cc2)n1. The standard InChI is InChI=1S/C19H28N4O2/c1-4-20-19(21-11-5-13-24-3)22-12-10-17-14-25-18(23-17)16-8-6-15(2)7-9-16/h6-9,14H,4-5,10-13H2,1-3H3,(H2,20,21,22). The summed E-state index contributed by atoms with van der Waals surface area (Å²) in [5, 5.41) is 6.56. The van der Waals surface area contributed by atoms with Crippen LogP contribution in [0.4, 0.5) is 0 Å². The summed E-state index contributed by atoms with van der Waals surface area (Å²) in [5.41, 5.74) is 3.15. The van der Waals surface area contributed by atoms with E-state index in [4.69, 9.17) is 9.15 Å². The van der Waals surface area contributed by atoms with Crippen LogP contribution >= 0.6 is 0 Å². The van der Waals surface area contributed by atoms with E-state index in [1.165, 1.54) is 5.56 Å². The zero-order valence-electron chi connectivity index (χ0n) is 15.3. The Morgan fingerprint density at radius 1 is 1.24 bits per heavy atom. The number of aryl methyl sites for hydroxylation is 1. The van der Waals surface area contributed by atoms with Crippen LogP contribution in [0.5, 0.6) is 0 Å². The third-order valence-electron chi connectivity index (χ3n) is 3.64. The number of nitrogens with one attached hydrogen (secondary N) is 2. The van der Waals surface area contributed by atoms with Crippen molar-refractivity contribution in [2.45, 2.75) is 26.7 Å². The molecule has 0 bridgehead atoms. The summed E-state index contributed by atoms with van der Waals surface area (Å²) in [7, 11) is 1.70. The Bertz CT molecular complexity index is 650. The van der Waals surface area contributed by atoms with E-state index in [2.05, 4.69) is 46.6 Å². The summed E-state index contributed by atoms with van der Waals surface area (Å²) < 4.78 is 10.6. The average Bonchev–Trinajstić information content (AvgIpc) is 3.08. The third-order valence-corrected chi connectivity index (χ3v) is 3.64. The molecule has 0 spiro atoms. The van der Waals surface area contributed by atoms with Gasteiger partial charge in [-0.3, -0.25) is 4.99 Å². The molecule has 6 heteroatoms.